The predicted molar refractivity (Wildman–Crippen MR) is 111 cm³/mol. The van der Waals surface area contributed by atoms with Gasteiger partial charge in [-0.25, -0.2) is 4.39 Å². The smallest absolute Gasteiger partial charge is 0.255 e. The number of β-lactam (4-membered cyclic amide) rings is 1. The number of aryl methyl sites for hydroxylation is 2. The molecule has 0 bridgehead atoms. The van der Waals surface area contributed by atoms with Crippen LogP contribution < -0.4 is 10.2 Å². The third-order valence-electron chi connectivity index (χ3n) is 5.34. The standard InChI is InChI=1S/C24H21FN2O2/c1-16-3-11-20(12-4-16)26-23(29)24(18-7-9-19(25)10-8-18)15-22(28)27(24)21-13-5-17(2)6-14-21/h3-14H,15H2,1-2H3,(H,26,29). The average molecular weight is 388 g/mol. The van der Waals surface area contributed by atoms with Crippen LogP contribution in [0.1, 0.15) is 23.1 Å². The predicted octanol–water partition coefficient (Wildman–Crippen LogP) is 4.71. The van der Waals surface area contributed by atoms with Gasteiger partial charge in [-0.2, -0.15) is 0 Å². The van der Waals surface area contributed by atoms with Gasteiger partial charge in [-0.1, -0.05) is 47.5 Å². The molecule has 0 spiro atoms. The highest BCUT2D eigenvalue weighted by Crippen LogP contribution is 2.45. The SMILES string of the molecule is Cc1ccc(NC(=O)C2(c3ccc(F)cc3)CC(=O)N2c2ccc(C)cc2)cc1. The first kappa shape index (κ1) is 18.9. The normalized spacial score (nSPS) is 18.3. The van der Waals surface area contributed by atoms with Crippen LogP contribution in [0, 0.1) is 19.7 Å². The molecule has 0 aliphatic carbocycles. The van der Waals surface area contributed by atoms with E-state index in [1.165, 1.54) is 17.0 Å². The third-order valence-corrected chi connectivity index (χ3v) is 5.34. The molecule has 1 saturated heterocycles. The van der Waals surface area contributed by atoms with Gasteiger partial charge in [-0.3, -0.25) is 14.5 Å². The van der Waals surface area contributed by atoms with Crippen LogP contribution >= 0.6 is 0 Å². The van der Waals surface area contributed by atoms with E-state index < -0.39 is 11.4 Å². The van der Waals surface area contributed by atoms with E-state index in [2.05, 4.69) is 5.32 Å². The molecule has 4 rings (SSSR count). The lowest BCUT2D eigenvalue weighted by atomic mass is 9.76. The van der Waals surface area contributed by atoms with Gasteiger partial charge in [0.2, 0.25) is 5.91 Å². The second kappa shape index (κ2) is 7.17. The Morgan fingerprint density at radius 1 is 0.897 bits per heavy atom. The molecule has 0 aromatic heterocycles. The van der Waals surface area contributed by atoms with Crippen LogP contribution in [0.2, 0.25) is 0 Å². The van der Waals surface area contributed by atoms with Crippen LogP contribution in [0.25, 0.3) is 0 Å². The molecule has 0 radical (unpaired) electrons. The summed E-state index contributed by atoms with van der Waals surface area (Å²) in [6, 6.07) is 20.7. The van der Waals surface area contributed by atoms with Crippen molar-refractivity contribution < 1.29 is 14.0 Å². The van der Waals surface area contributed by atoms with Gasteiger partial charge in [0.1, 0.15) is 5.82 Å². The molecule has 29 heavy (non-hydrogen) atoms. The molecule has 1 N–H and O–H groups in total. The summed E-state index contributed by atoms with van der Waals surface area (Å²) >= 11 is 0. The molecule has 5 heteroatoms. The summed E-state index contributed by atoms with van der Waals surface area (Å²) in [5.41, 5.74) is 2.75. The molecular formula is C24H21FN2O2. The van der Waals surface area contributed by atoms with Gasteiger partial charge in [0.05, 0.1) is 6.42 Å². The van der Waals surface area contributed by atoms with Crippen molar-refractivity contribution in [2.45, 2.75) is 25.8 Å². The quantitative estimate of drug-likeness (QED) is 0.658. The van der Waals surface area contributed by atoms with Crippen molar-refractivity contribution in [3.05, 3.63) is 95.3 Å². The molecule has 1 aliphatic heterocycles. The van der Waals surface area contributed by atoms with Crippen molar-refractivity contribution >= 4 is 23.2 Å². The maximum atomic E-state index is 13.5. The van der Waals surface area contributed by atoms with E-state index in [0.29, 0.717) is 16.9 Å². The van der Waals surface area contributed by atoms with Crippen molar-refractivity contribution in [2.75, 3.05) is 10.2 Å². The number of benzene rings is 3. The third kappa shape index (κ3) is 3.29. The number of halogens is 1. The molecule has 1 unspecified atom stereocenters. The second-order valence-electron chi connectivity index (χ2n) is 7.43. The van der Waals surface area contributed by atoms with Crippen LogP contribution in [0.4, 0.5) is 15.8 Å². The molecule has 2 amide bonds. The topological polar surface area (TPSA) is 49.4 Å². The molecule has 3 aromatic carbocycles. The first-order valence-electron chi connectivity index (χ1n) is 9.44. The van der Waals surface area contributed by atoms with Crippen LogP contribution in [-0.4, -0.2) is 11.8 Å². The molecule has 3 aromatic rings. The largest absolute Gasteiger partial charge is 0.324 e. The van der Waals surface area contributed by atoms with E-state index >= 15 is 0 Å². The molecule has 1 heterocycles. The number of nitrogens with one attached hydrogen (secondary N) is 1. The lowest BCUT2D eigenvalue weighted by Crippen LogP contribution is -2.67. The number of rotatable bonds is 4. The van der Waals surface area contributed by atoms with Crippen LogP contribution in [0.3, 0.4) is 0 Å². The van der Waals surface area contributed by atoms with Crippen molar-refractivity contribution in [1.82, 2.24) is 0 Å². The summed E-state index contributed by atoms with van der Waals surface area (Å²) < 4.78 is 13.5. The fraction of sp³-hybridized carbons (Fsp3) is 0.167. The van der Waals surface area contributed by atoms with E-state index in [9.17, 15) is 14.0 Å². The molecule has 0 saturated carbocycles. The number of hydrogen-bond donors (Lipinski definition) is 1. The number of carbonyl (C=O) groups excluding carboxylic acids is 2. The fourth-order valence-corrected chi connectivity index (χ4v) is 3.70. The van der Waals surface area contributed by atoms with Gasteiger partial charge in [0, 0.05) is 11.4 Å². The first-order valence-corrected chi connectivity index (χ1v) is 9.44. The minimum Gasteiger partial charge on any atom is -0.324 e. The minimum absolute atomic E-state index is 0.0181. The number of hydrogen-bond acceptors (Lipinski definition) is 2. The minimum atomic E-state index is -1.23. The van der Waals surface area contributed by atoms with Gasteiger partial charge < -0.3 is 5.32 Å². The molecule has 1 aliphatic rings. The summed E-state index contributed by atoms with van der Waals surface area (Å²) in [4.78, 5) is 27.6. The van der Waals surface area contributed by atoms with Crippen molar-refractivity contribution in [3.63, 3.8) is 0 Å². The highest BCUT2D eigenvalue weighted by Gasteiger charge is 2.58. The summed E-state index contributed by atoms with van der Waals surface area (Å²) in [6.07, 6.45) is 0.0181. The van der Waals surface area contributed by atoms with Gasteiger partial charge in [0.25, 0.3) is 5.91 Å². The van der Waals surface area contributed by atoms with E-state index in [0.717, 1.165) is 11.1 Å². The Kier molecular flexibility index (Phi) is 4.66. The van der Waals surface area contributed by atoms with Crippen molar-refractivity contribution in [1.29, 1.82) is 0 Å². The van der Waals surface area contributed by atoms with Crippen LogP contribution in [-0.2, 0) is 15.1 Å². The second-order valence-corrected chi connectivity index (χ2v) is 7.43. The van der Waals surface area contributed by atoms with Crippen molar-refractivity contribution in [2.24, 2.45) is 0 Å². The molecule has 1 atom stereocenters. The molecule has 1 fully saturated rings. The Labute approximate surface area is 169 Å². The molecule has 146 valence electrons. The summed E-state index contributed by atoms with van der Waals surface area (Å²) in [6.45, 7) is 3.92. The van der Waals surface area contributed by atoms with Crippen LogP contribution in [0.5, 0.6) is 0 Å². The van der Waals surface area contributed by atoms with E-state index in [-0.39, 0.29) is 18.2 Å². The summed E-state index contributed by atoms with van der Waals surface area (Å²) in [5, 5.41) is 2.93. The maximum Gasteiger partial charge on any atom is 0.255 e. The molecular weight excluding hydrogens is 367 g/mol. The zero-order chi connectivity index (χ0) is 20.6. The highest BCUT2D eigenvalue weighted by molar-refractivity contribution is 6.17. The maximum absolute atomic E-state index is 13.5. The van der Waals surface area contributed by atoms with E-state index in [1.807, 2.05) is 62.4 Å². The highest BCUT2D eigenvalue weighted by atomic mass is 19.1. The zero-order valence-corrected chi connectivity index (χ0v) is 16.3. The van der Waals surface area contributed by atoms with E-state index in [1.54, 1.807) is 12.1 Å². The zero-order valence-electron chi connectivity index (χ0n) is 16.3. The summed E-state index contributed by atoms with van der Waals surface area (Å²) in [5.74, 6) is -0.874. The number of amides is 2. The van der Waals surface area contributed by atoms with E-state index in [4.69, 9.17) is 0 Å². The Balaban J connectivity index is 1.78. The average Bonchev–Trinajstić information content (AvgIpc) is 2.70. The Morgan fingerprint density at radius 3 is 2.00 bits per heavy atom. The fourth-order valence-electron chi connectivity index (χ4n) is 3.70. The number of nitrogens with zero attached hydrogens (tertiary/aromatic N) is 1. The Morgan fingerprint density at radius 2 is 1.45 bits per heavy atom. The lowest BCUT2D eigenvalue weighted by molar-refractivity contribution is -0.137. The summed E-state index contributed by atoms with van der Waals surface area (Å²) in [7, 11) is 0. The lowest BCUT2D eigenvalue weighted by Gasteiger charge is -2.50. The van der Waals surface area contributed by atoms with Crippen molar-refractivity contribution in [3.8, 4) is 0 Å². The number of anilines is 2. The molecule has 4 nitrogen and oxygen atoms in total. The monoisotopic (exact) mass is 388 g/mol. The van der Waals surface area contributed by atoms with Crippen LogP contribution in [0.15, 0.2) is 72.8 Å². The van der Waals surface area contributed by atoms with Gasteiger partial charge in [0.15, 0.2) is 5.54 Å². The Hall–Kier alpha value is -3.47. The van der Waals surface area contributed by atoms with Gasteiger partial charge in [-0.05, 0) is 55.8 Å². The van der Waals surface area contributed by atoms with Gasteiger partial charge in [-0.15, -0.1) is 0 Å². The Bertz CT molecular complexity index is 1060. The first-order chi connectivity index (χ1) is 13.9. The van der Waals surface area contributed by atoms with Gasteiger partial charge >= 0.3 is 0 Å². The number of carbonyl (C=O) groups is 2.